The number of nitrogens with two attached hydrogens (primary N) is 1. The highest BCUT2D eigenvalue weighted by molar-refractivity contribution is 6.07. The highest BCUT2D eigenvalue weighted by Crippen LogP contribution is 2.15. The van der Waals surface area contributed by atoms with Gasteiger partial charge in [-0.2, -0.15) is 0 Å². The summed E-state index contributed by atoms with van der Waals surface area (Å²) in [5.74, 6) is -0.671. The summed E-state index contributed by atoms with van der Waals surface area (Å²) in [6, 6.07) is 6.61. The summed E-state index contributed by atoms with van der Waals surface area (Å²) >= 11 is 0. The molecule has 4 nitrogen and oxygen atoms in total. The van der Waals surface area contributed by atoms with Gasteiger partial charge in [-0.3, -0.25) is 9.59 Å². The molecule has 1 fully saturated rings. The minimum atomic E-state index is -0.559. The van der Waals surface area contributed by atoms with Crippen molar-refractivity contribution in [3.05, 3.63) is 35.4 Å². The fourth-order valence-electron chi connectivity index (χ4n) is 1.31. The fourth-order valence-corrected chi connectivity index (χ4v) is 1.31. The molecule has 0 bridgehead atoms. The van der Waals surface area contributed by atoms with E-state index in [9.17, 15) is 9.59 Å². The van der Waals surface area contributed by atoms with Gasteiger partial charge in [-0.05, 0) is 12.1 Å². The second-order valence-corrected chi connectivity index (χ2v) is 3.20. The van der Waals surface area contributed by atoms with Crippen LogP contribution in [0.15, 0.2) is 24.3 Å². The highest BCUT2D eigenvalue weighted by Gasteiger charge is 2.27. The Morgan fingerprint density at radius 3 is 2.21 bits per heavy atom. The van der Waals surface area contributed by atoms with Crippen molar-refractivity contribution in [3.8, 4) is 0 Å². The highest BCUT2D eigenvalue weighted by atomic mass is 16.2. The lowest BCUT2D eigenvalue weighted by atomic mass is 10.1. The molecule has 0 saturated carbocycles. The van der Waals surface area contributed by atoms with Crippen molar-refractivity contribution in [2.24, 2.45) is 5.73 Å². The Balaban J connectivity index is 2.40. The van der Waals surface area contributed by atoms with E-state index in [0.717, 1.165) is 13.1 Å². The van der Waals surface area contributed by atoms with Crippen LogP contribution in [0.2, 0.25) is 0 Å². The lowest BCUT2D eigenvalue weighted by Crippen LogP contribution is -2.19. The smallest absolute Gasteiger partial charge is 0.254 e. The molecule has 1 aromatic rings. The second-order valence-electron chi connectivity index (χ2n) is 3.20. The third-order valence-electron chi connectivity index (χ3n) is 2.16. The monoisotopic (exact) mass is 190 g/mol. The Labute approximate surface area is 81.3 Å². The Morgan fingerprint density at radius 2 is 1.71 bits per heavy atom. The summed E-state index contributed by atoms with van der Waals surface area (Å²) in [6.45, 7) is 1.54. The zero-order valence-corrected chi connectivity index (χ0v) is 7.56. The van der Waals surface area contributed by atoms with Crippen LogP contribution in [0.1, 0.15) is 20.7 Å². The van der Waals surface area contributed by atoms with Gasteiger partial charge in [0.1, 0.15) is 0 Å². The van der Waals surface area contributed by atoms with Crippen molar-refractivity contribution in [2.45, 2.75) is 0 Å². The summed E-state index contributed by atoms with van der Waals surface area (Å²) in [6.07, 6.45) is 0. The quantitative estimate of drug-likeness (QED) is 0.679. The molecule has 1 saturated heterocycles. The van der Waals surface area contributed by atoms with E-state index in [2.05, 4.69) is 0 Å². The molecule has 0 spiro atoms. The van der Waals surface area contributed by atoms with Gasteiger partial charge in [0, 0.05) is 13.1 Å². The van der Waals surface area contributed by atoms with Gasteiger partial charge >= 0.3 is 0 Å². The number of carbonyl (C=O) groups excluding carboxylic acids is 2. The Hall–Kier alpha value is -1.84. The Kier molecular flexibility index (Phi) is 1.96. The summed E-state index contributed by atoms with van der Waals surface area (Å²) in [7, 11) is 0. The van der Waals surface area contributed by atoms with Crippen LogP contribution in [0.3, 0.4) is 0 Å². The molecule has 0 atom stereocenters. The third kappa shape index (κ3) is 1.46. The average Bonchev–Trinajstić information content (AvgIpc) is 3.00. The van der Waals surface area contributed by atoms with Crippen LogP contribution in [0.4, 0.5) is 0 Å². The Morgan fingerprint density at radius 1 is 1.14 bits per heavy atom. The number of hydrogen-bond donors (Lipinski definition) is 1. The van der Waals surface area contributed by atoms with E-state index in [1.807, 2.05) is 0 Å². The van der Waals surface area contributed by atoms with Gasteiger partial charge in [-0.15, -0.1) is 0 Å². The van der Waals surface area contributed by atoms with Crippen LogP contribution < -0.4 is 5.73 Å². The van der Waals surface area contributed by atoms with Gasteiger partial charge in [0.25, 0.3) is 5.91 Å². The summed E-state index contributed by atoms with van der Waals surface area (Å²) in [4.78, 5) is 24.3. The first-order valence-electron chi connectivity index (χ1n) is 4.38. The molecule has 0 aromatic heterocycles. The number of nitrogens with zero attached hydrogens (tertiary/aromatic N) is 1. The number of carbonyl (C=O) groups is 2. The molecule has 0 unspecified atom stereocenters. The molecule has 1 heterocycles. The van der Waals surface area contributed by atoms with Crippen LogP contribution in [-0.2, 0) is 0 Å². The Bertz CT molecular complexity index is 397. The zero-order valence-electron chi connectivity index (χ0n) is 7.56. The third-order valence-corrected chi connectivity index (χ3v) is 2.16. The van der Waals surface area contributed by atoms with Gasteiger partial charge in [-0.25, -0.2) is 0 Å². The van der Waals surface area contributed by atoms with Crippen molar-refractivity contribution in [1.29, 1.82) is 0 Å². The maximum Gasteiger partial charge on any atom is 0.254 e. The van der Waals surface area contributed by atoms with Crippen molar-refractivity contribution in [1.82, 2.24) is 4.90 Å². The van der Waals surface area contributed by atoms with Gasteiger partial charge in [0.15, 0.2) is 0 Å². The van der Waals surface area contributed by atoms with E-state index in [-0.39, 0.29) is 5.91 Å². The molecule has 4 heteroatoms. The van der Waals surface area contributed by atoms with E-state index >= 15 is 0 Å². The molecule has 0 radical (unpaired) electrons. The average molecular weight is 190 g/mol. The molecule has 2 rings (SSSR count). The molecule has 1 aromatic carbocycles. The topological polar surface area (TPSA) is 63.2 Å². The first-order chi connectivity index (χ1) is 6.70. The number of rotatable bonds is 2. The SMILES string of the molecule is NC(=O)c1ccccc1C(=O)N1CC1. The molecule has 2 N–H and O–H groups in total. The van der Waals surface area contributed by atoms with E-state index in [4.69, 9.17) is 5.73 Å². The van der Waals surface area contributed by atoms with Gasteiger partial charge in [0.2, 0.25) is 5.91 Å². The minimum Gasteiger partial charge on any atom is -0.366 e. The van der Waals surface area contributed by atoms with Crippen molar-refractivity contribution >= 4 is 11.8 Å². The largest absolute Gasteiger partial charge is 0.366 e. The van der Waals surface area contributed by atoms with E-state index in [0.29, 0.717) is 11.1 Å². The molecular weight excluding hydrogens is 180 g/mol. The standard InChI is InChI=1S/C10H10N2O2/c11-9(13)7-3-1-2-4-8(7)10(14)12-5-6-12/h1-4H,5-6H2,(H2,11,13). The normalized spacial score (nSPS) is 13.9. The molecule has 0 aliphatic carbocycles. The van der Waals surface area contributed by atoms with Gasteiger partial charge in [0.05, 0.1) is 11.1 Å². The number of hydrogen-bond acceptors (Lipinski definition) is 2. The molecule has 72 valence electrons. The maximum atomic E-state index is 11.7. The van der Waals surface area contributed by atoms with E-state index < -0.39 is 5.91 Å². The number of primary amides is 1. The van der Waals surface area contributed by atoms with E-state index in [1.165, 1.54) is 0 Å². The van der Waals surface area contributed by atoms with Crippen LogP contribution in [-0.4, -0.2) is 29.8 Å². The van der Waals surface area contributed by atoms with Crippen molar-refractivity contribution < 1.29 is 9.59 Å². The second kappa shape index (κ2) is 3.14. The van der Waals surface area contributed by atoms with Crippen LogP contribution in [0.25, 0.3) is 0 Å². The fraction of sp³-hybridized carbons (Fsp3) is 0.200. The lowest BCUT2D eigenvalue weighted by molar-refractivity contribution is 0.0876. The molecule has 2 amide bonds. The van der Waals surface area contributed by atoms with Crippen molar-refractivity contribution in [3.63, 3.8) is 0 Å². The van der Waals surface area contributed by atoms with E-state index in [1.54, 1.807) is 29.2 Å². The lowest BCUT2D eigenvalue weighted by Gasteiger charge is -2.05. The zero-order chi connectivity index (χ0) is 10.1. The van der Waals surface area contributed by atoms with Crippen LogP contribution >= 0.6 is 0 Å². The summed E-state index contributed by atoms with van der Waals surface area (Å²) in [5.41, 5.74) is 5.86. The van der Waals surface area contributed by atoms with Gasteiger partial charge in [-0.1, -0.05) is 12.1 Å². The first kappa shape index (κ1) is 8.74. The molecular formula is C10H10N2O2. The first-order valence-corrected chi connectivity index (χ1v) is 4.38. The predicted octanol–water partition coefficient (Wildman–Crippen LogP) is 0.241. The number of amides is 2. The van der Waals surface area contributed by atoms with Crippen molar-refractivity contribution in [2.75, 3.05) is 13.1 Å². The molecule has 1 aliphatic rings. The van der Waals surface area contributed by atoms with Crippen LogP contribution in [0, 0.1) is 0 Å². The van der Waals surface area contributed by atoms with Crippen LogP contribution in [0.5, 0.6) is 0 Å². The molecule has 14 heavy (non-hydrogen) atoms. The minimum absolute atomic E-state index is 0.112. The maximum absolute atomic E-state index is 11.7. The molecule has 1 aliphatic heterocycles. The van der Waals surface area contributed by atoms with Gasteiger partial charge < -0.3 is 10.6 Å². The predicted molar refractivity (Wildman–Crippen MR) is 50.9 cm³/mol. The summed E-state index contributed by atoms with van der Waals surface area (Å²) < 4.78 is 0. The summed E-state index contributed by atoms with van der Waals surface area (Å²) in [5, 5.41) is 0. The number of benzene rings is 1.